The summed E-state index contributed by atoms with van der Waals surface area (Å²) in [7, 11) is 0. The van der Waals surface area contributed by atoms with Gasteiger partial charge in [0.15, 0.2) is 0 Å². The molecular weight excluding hydrogens is 385 g/mol. The van der Waals surface area contributed by atoms with Crippen LogP contribution >= 0.6 is 27.3 Å². The van der Waals surface area contributed by atoms with Gasteiger partial charge in [0.05, 0.1) is 17.4 Å². The second-order valence-corrected chi connectivity index (χ2v) is 6.62. The molecule has 2 aromatic heterocycles. The molecule has 0 radical (unpaired) electrons. The molecule has 0 fully saturated rings. The van der Waals surface area contributed by atoms with E-state index in [2.05, 4.69) is 26.2 Å². The molecule has 0 bridgehead atoms. The number of anilines is 1. The van der Waals surface area contributed by atoms with Crippen molar-refractivity contribution in [3.8, 4) is 0 Å². The van der Waals surface area contributed by atoms with Crippen LogP contribution in [0.2, 0.25) is 0 Å². The topological polar surface area (TPSA) is 64.0 Å². The molecule has 23 heavy (non-hydrogen) atoms. The van der Waals surface area contributed by atoms with Crippen molar-refractivity contribution in [1.29, 1.82) is 0 Å². The molecule has 3 rings (SSSR count). The quantitative estimate of drug-likeness (QED) is 0.736. The van der Waals surface area contributed by atoms with Gasteiger partial charge in [0.1, 0.15) is 10.6 Å². The number of nitrogens with zero attached hydrogens (tertiary/aromatic N) is 2. The van der Waals surface area contributed by atoms with Crippen molar-refractivity contribution in [2.45, 2.75) is 13.0 Å². The Kier molecular flexibility index (Phi) is 4.53. The molecule has 0 saturated heterocycles. The number of aryl methyl sites for hydroxylation is 1. The molecule has 5 nitrogen and oxygen atoms in total. The van der Waals surface area contributed by atoms with Gasteiger partial charge in [-0.05, 0) is 29.6 Å². The summed E-state index contributed by atoms with van der Waals surface area (Å²) in [5, 5.41) is 4.83. The number of nitrogens with one attached hydrogen (secondary N) is 1. The molecule has 2 heterocycles. The second kappa shape index (κ2) is 6.59. The third-order valence-corrected chi connectivity index (χ3v) is 4.55. The van der Waals surface area contributed by atoms with Crippen molar-refractivity contribution in [2.75, 3.05) is 5.32 Å². The molecule has 0 unspecified atom stereocenters. The Morgan fingerprint density at radius 3 is 3.00 bits per heavy atom. The summed E-state index contributed by atoms with van der Waals surface area (Å²) in [6.45, 7) is 0.182. The van der Waals surface area contributed by atoms with Gasteiger partial charge in [-0.3, -0.25) is 14.2 Å². The molecule has 118 valence electrons. The van der Waals surface area contributed by atoms with Crippen LogP contribution in [0.3, 0.4) is 0 Å². The molecule has 1 N–H and O–H groups in total. The Labute approximate surface area is 142 Å². The van der Waals surface area contributed by atoms with Gasteiger partial charge in [0.2, 0.25) is 5.91 Å². The van der Waals surface area contributed by atoms with Gasteiger partial charge in [-0.2, -0.15) is 0 Å². The van der Waals surface area contributed by atoms with Crippen LogP contribution in [0, 0.1) is 5.82 Å². The average molecular weight is 396 g/mol. The molecule has 8 heteroatoms. The molecule has 3 aromatic rings. The highest BCUT2D eigenvalue weighted by molar-refractivity contribution is 9.10. The summed E-state index contributed by atoms with van der Waals surface area (Å²) >= 11 is 4.54. The monoisotopic (exact) mass is 395 g/mol. The lowest BCUT2D eigenvalue weighted by molar-refractivity contribution is -0.116. The summed E-state index contributed by atoms with van der Waals surface area (Å²) in [5.74, 6) is -0.894. The van der Waals surface area contributed by atoms with E-state index in [1.807, 2.05) is 0 Å². The van der Waals surface area contributed by atoms with Gasteiger partial charge >= 0.3 is 0 Å². The van der Waals surface area contributed by atoms with E-state index in [1.165, 1.54) is 34.4 Å². The molecule has 0 atom stereocenters. The number of benzene rings is 1. The SMILES string of the molecule is O=C(CCn1cnc2sccc2c1=O)Nc1ccc(Br)cc1F. The number of thiophene rings is 1. The van der Waals surface area contributed by atoms with E-state index in [1.54, 1.807) is 17.5 Å². The van der Waals surface area contributed by atoms with E-state index in [-0.39, 0.29) is 30.1 Å². The first-order valence-electron chi connectivity index (χ1n) is 6.72. The fourth-order valence-electron chi connectivity index (χ4n) is 2.08. The van der Waals surface area contributed by atoms with Gasteiger partial charge in [-0.1, -0.05) is 15.9 Å². The molecule has 1 aromatic carbocycles. The van der Waals surface area contributed by atoms with Crippen molar-refractivity contribution in [2.24, 2.45) is 0 Å². The largest absolute Gasteiger partial charge is 0.324 e. The third-order valence-electron chi connectivity index (χ3n) is 3.24. The van der Waals surface area contributed by atoms with Crippen LogP contribution in [0.1, 0.15) is 6.42 Å². The zero-order valence-electron chi connectivity index (χ0n) is 11.8. The molecule has 0 aliphatic carbocycles. The van der Waals surface area contributed by atoms with Gasteiger partial charge in [0, 0.05) is 17.4 Å². The van der Waals surface area contributed by atoms with Crippen molar-refractivity contribution in [3.63, 3.8) is 0 Å². The predicted octanol–water partition coefficient (Wildman–Crippen LogP) is 3.39. The van der Waals surface area contributed by atoms with E-state index in [9.17, 15) is 14.0 Å². The number of halogens is 2. The normalized spacial score (nSPS) is 10.9. The average Bonchev–Trinajstić information content (AvgIpc) is 2.99. The zero-order chi connectivity index (χ0) is 16.4. The number of hydrogen-bond acceptors (Lipinski definition) is 4. The second-order valence-electron chi connectivity index (χ2n) is 4.80. The summed E-state index contributed by atoms with van der Waals surface area (Å²) in [5.41, 5.74) is -0.0733. The maximum absolute atomic E-state index is 13.7. The van der Waals surface area contributed by atoms with Gasteiger partial charge in [-0.25, -0.2) is 9.37 Å². The molecule has 0 saturated carbocycles. The number of carbonyl (C=O) groups excluding carboxylic acids is 1. The number of amides is 1. The van der Waals surface area contributed by atoms with Crippen LogP contribution in [0.25, 0.3) is 10.2 Å². The minimum Gasteiger partial charge on any atom is -0.324 e. The fourth-order valence-corrected chi connectivity index (χ4v) is 3.13. The fraction of sp³-hybridized carbons (Fsp3) is 0.133. The lowest BCUT2D eigenvalue weighted by Gasteiger charge is -2.08. The lowest BCUT2D eigenvalue weighted by Crippen LogP contribution is -2.23. The van der Waals surface area contributed by atoms with E-state index >= 15 is 0 Å². The maximum atomic E-state index is 13.7. The van der Waals surface area contributed by atoms with Crippen LogP contribution in [0.15, 0.2) is 45.2 Å². The van der Waals surface area contributed by atoms with Crippen LogP contribution in [-0.2, 0) is 11.3 Å². The number of rotatable bonds is 4. The Morgan fingerprint density at radius 1 is 1.39 bits per heavy atom. The van der Waals surface area contributed by atoms with Crippen molar-refractivity contribution in [1.82, 2.24) is 9.55 Å². The molecule has 0 aliphatic rings. The van der Waals surface area contributed by atoms with E-state index in [0.29, 0.717) is 14.7 Å². The Bertz CT molecular complexity index is 938. The minimum atomic E-state index is -0.522. The molecular formula is C15H11BrFN3O2S. The highest BCUT2D eigenvalue weighted by Crippen LogP contribution is 2.19. The van der Waals surface area contributed by atoms with E-state index in [4.69, 9.17) is 0 Å². The van der Waals surface area contributed by atoms with Crippen molar-refractivity contribution < 1.29 is 9.18 Å². The Balaban J connectivity index is 1.68. The predicted molar refractivity (Wildman–Crippen MR) is 91.2 cm³/mol. The number of carbonyl (C=O) groups is 1. The van der Waals surface area contributed by atoms with Gasteiger partial charge in [-0.15, -0.1) is 11.3 Å². The molecule has 0 spiro atoms. The highest BCUT2D eigenvalue weighted by Gasteiger charge is 2.10. The number of fused-ring (bicyclic) bond motifs is 1. The summed E-state index contributed by atoms with van der Waals surface area (Å²) in [6.07, 6.45) is 1.47. The van der Waals surface area contributed by atoms with Gasteiger partial charge in [0.25, 0.3) is 5.56 Å². The smallest absolute Gasteiger partial charge is 0.262 e. The van der Waals surface area contributed by atoms with Gasteiger partial charge < -0.3 is 5.32 Å². The van der Waals surface area contributed by atoms with Crippen LogP contribution < -0.4 is 10.9 Å². The van der Waals surface area contributed by atoms with Crippen LogP contribution in [0.5, 0.6) is 0 Å². The minimum absolute atomic E-state index is 0.0483. The summed E-state index contributed by atoms with van der Waals surface area (Å²) in [6, 6.07) is 6.09. The summed E-state index contributed by atoms with van der Waals surface area (Å²) in [4.78, 5) is 29.0. The van der Waals surface area contributed by atoms with E-state index < -0.39 is 5.82 Å². The van der Waals surface area contributed by atoms with Crippen LogP contribution in [0.4, 0.5) is 10.1 Å². The first-order chi connectivity index (χ1) is 11.0. The number of aromatic nitrogens is 2. The first-order valence-corrected chi connectivity index (χ1v) is 8.39. The Hall–Kier alpha value is -2.06. The highest BCUT2D eigenvalue weighted by atomic mass is 79.9. The number of hydrogen-bond donors (Lipinski definition) is 1. The zero-order valence-corrected chi connectivity index (χ0v) is 14.2. The van der Waals surface area contributed by atoms with Crippen molar-refractivity contribution >= 4 is 49.1 Å². The summed E-state index contributed by atoms with van der Waals surface area (Å²) < 4.78 is 15.6. The van der Waals surface area contributed by atoms with E-state index in [0.717, 1.165) is 0 Å². The third kappa shape index (κ3) is 3.48. The molecule has 0 aliphatic heterocycles. The lowest BCUT2D eigenvalue weighted by atomic mass is 10.3. The standard InChI is InChI=1S/C15H11BrFN3O2S/c16-9-1-2-12(11(17)7-9)19-13(21)3-5-20-8-18-14-10(15(20)22)4-6-23-14/h1-2,4,6-8H,3,5H2,(H,19,21). The van der Waals surface area contributed by atoms with Crippen molar-refractivity contribution in [3.05, 3.63) is 56.6 Å². The molecule has 1 amide bonds. The maximum Gasteiger partial charge on any atom is 0.262 e. The van der Waals surface area contributed by atoms with Crippen LogP contribution in [-0.4, -0.2) is 15.5 Å². The first kappa shape index (κ1) is 15.8. The Morgan fingerprint density at radius 2 is 2.22 bits per heavy atom.